The molecule has 6 heteroatoms. The van der Waals surface area contributed by atoms with E-state index in [1.165, 1.54) is 19.5 Å². The summed E-state index contributed by atoms with van der Waals surface area (Å²) in [6.07, 6.45) is 5.99. The number of benzene rings is 1. The van der Waals surface area contributed by atoms with Crippen LogP contribution in [0.3, 0.4) is 0 Å². The number of amidine groups is 1. The van der Waals surface area contributed by atoms with Gasteiger partial charge in [-0.15, -0.1) is 11.3 Å². The summed E-state index contributed by atoms with van der Waals surface area (Å²) in [6, 6.07) is 6.51. The number of thiazole rings is 1. The summed E-state index contributed by atoms with van der Waals surface area (Å²) in [5, 5.41) is 4.63. The highest BCUT2D eigenvalue weighted by Gasteiger charge is 2.11. The molecule has 3 rings (SSSR count). The Morgan fingerprint density at radius 2 is 1.92 bits per heavy atom. The molecule has 1 aromatic heterocycles. The third-order valence-corrected chi connectivity index (χ3v) is 7.19. The topological polar surface area (TPSA) is 40.5 Å². The van der Waals surface area contributed by atoms with Crippen molar-refractivity contribution in [2.24, 2.45) is 4.99 Å². The minimum absolute atomic E-state index is 0.346. The number of hydrogen-bond donors (Lipinski definition) is 1. The molecule has 1 aliphatic rings. The van der Waals surface area contributed by atoms with Crippen molar-refractivity contribution < 1.29 is 0 Å². The Hall–Kier alpha value is -1.38. The molecule has 1 aromatic carbocycles. The van der Waals surface area contributed by atoms with Gasteiger partial charge >= 0.3 is 0 Å². The molecule has 24 heavy (non-hydrogen) atoms. The first-order chi connectivity index (χ1) is 11.5. The van der Waals surface area contributed by atoms with Crippen LogP contribution in [0, 0.1) is 13.8 Å². The molecule has 0 aliphatic carbocycles. The van der Waals surface area contributed by atoms with Crippen molar-refractivity contribution in [2.45, 2.75) is 20.4 Å². The van der Waals surface area contributed by atoms with Gasteiger partial charge in [0.15, 0.2) is 3.84 Å². The van der Waals surface area contributed by atoms with Crippen molar-refractivity contribution in [3.8, 4) is 0 Å². The van der Waals surface area contributed by atoms with Gasteiger partial charge in [0.05, 0.1) is 0 Å². The maximum absolute atomic E-state index is 4.61. The first-order valence-electron chi connectivity index (χ1n) is 7.71. The molecule has 0 saturated carbocycles. The summed E-state index contributed by atoms with van der Waals surface area (Å²) in [6.45, 7) is 5.18. The van der Waals surface area contributed by atoms with Gasteiger partial charge in [0, 0.05) is 33.0 Å². The van der Waals surface area contributed by atoms with Crippen LogP contribution in [0.5, 0.6) is 0 Å². The van der Waals surface area contributed by atoms with Crippen LogP contribution in [0.25, 0.3) is 0 Å². The fraction of sp³-hybridized carbons (Fsp3) is 0.278. The van der Waals surface area contributed by atoms with E-state index in [2.05, 4.69) is 72.4 Å². The van der Waals surface area contributed by atoms with E-state index < -0.39 is 0 Å². The van der Waals surface area contributed by atoms with E-state index >= 15 is 0 Å². The van der Waals surface area contributed by atoms with Gasteiger partial charge in [0.1, 0.15) is 5.01 Å². The van der Waals surface area contributed by atoms with Crippen molar-refractivity contribution in [3.05, 3.63) is 57.7 Å². The lowest BCUT2D eigenvalue weighted by atomic mass is 10.1. The van der Waals surface area contributed by atoms with E-state index in [-0.39, 0.29) is 20.7 Å². The molecule has 0 bridgehead atoms. The second-order valence-electron chi connectivity index (χ2n) is 6.05. The number of anilines is 1. The molecule has 1 N–H and O–H groups in total. The van der Waals surface area contributed by atoms with Crippen LogP contribution in [0.4, 0.5) is 5.69 Å². The number of nitrogens with zero attached hydrogens (tertiary/aromatic N) is 3. The normalized spacial score (nSPS) is 14.2. The van der Waals surface area contributed by atoms with Crippen LogP contribution in [-0.2, 0) is 6.54 Å². The fourth-order valence-corrected chi connectivity index (χ4v) is 6.00. The van der Waals surface area contributed by atoms with E-state index in [0.717, 1.165) is 21.1 Å². The number of halogens is 1. The number of hydrogen-bond acceptors (Lipinski definition) is 5. The predicted molar refractivity (Wildman–Crippen MR) is 114 cm³/mol. The molecule has 4 nitrogen and oxygen atoms in total. The van der Waals surface area contributed by atoms with Crippen molar-refractivity contribution >= 4 is 45.1 Å². The highest BCUT2D eigenvalue weighted by atomic mass is 127. The Balaban J connectivity index is 1.78. The summed E-state index contributed by atoms with van der Waals surface area (Å²) in [5.41, 5.74) is 3.65. The average Bonchev–Trinajstić information content (AvgIpc) is 2.94. The maximum Gasteiger partial charge on any atom is 0.163 e. The molecular formula is C18H21IN4S. The van der Waals surface area contributed by atoms with Crippen LogP contribution in [-0.4, -0.2) is 31.3 Å². The summed E-state index contributed by atoms with van der Waals surface area (Å²) >= 11 is 1.44. The average molecular weight is 452 g/mol. The van der Waals surface area contributed by atoms with Gasteiger partial charge in [-0.2, -0.15) is 0 Å². The van der Waals surface area contributed by atoms with Gasteiger partial charge < -0.3 is 10.2 Å². The predicted octanol–water partition coefficient (Wildman–Crippen LogP) is 4.31. The Labute approximate surface area is 157 Å². The summed E-state index contributed by atoms with van der Waals surface area (Å²) in [7, 11) is 4.16. The van der Waals surface area contributed by atoms with E-state index in [1.807, 2.05) is 12.4 Å². The third-order valence-electron chi connectivity index (χ3n) is 3.30. The summed E-state index contributed by atoms with van der Waals surface area (Å²) < 4.78 is 2.39. The van der Waals surface area contributed by atoms with Crippen molar-refractivity contribution in [1.29, 1.82) is 0 Å². The van der Waals surface area contributed by atoms with E-state index in [4.69, 9.17) is 0 Å². The summed E-state index contributed by atoms with van der Waals surface area (Å²) in [5.74, 6) is 0. The zero-order valence-corrected chi connectivity index (χ0v) is 17.3. The molecule has 2 aromatic rings. The van der Waals surface area contributed by atoms with Gasteiger partial charge in [0.2, 0.25) is 0 Å². The highest BCUT2D eigenvalue weighted by molar-refractivity contribution is 14.2. The Morgan fingerprint density at radius 1 is 1.17 bits per heavy atom. The molecule has 0 fully saturated rings. The van der Waals surface area contributed by atoms with Crippen LogP contribution in [0.2, 0.25) is 0 Å². The van der Waals surface area contributed by atoms with Crippen LogP contribution < -0.4 is 5.32 Å². The highest BCUT2D eigenvalue weighted by Crippen LogP contribution is 2.24. The molecule has 0 radical (unpaired) electrons. The number of nitrogens with one attached hydrogen (secondary N) is 1. The van der Waals surface area contributed by atoms with Gasteiger partial charge in [-0.25, -0.2) is 9.98 Å². The molecule has 2 heterocycles. The standard InChI is InChI=1S/C18H21IN4S/c1-12-7-13(2)9-14(8-12)22-18-19-16(5-6-20-18)17-21-10-15(24-17)11-23(3)4/h5-10H,11H2,1-4H3,(H,20,22). The summed E-state index contributed by atoms with van der Waals surface area (Å²) in [4.78, 5) is 12.6. The fourth-order valence-electron chi connectivity index (χ4n) is 2.46. The quantitative estimate of drug-likeness (QED) is 0.556. The minimum Gasteiger partial charge on any atom is -0.335 e. The first-order valence-corrected chi connectivity index (χ1v) is 10.7. The zero-order chi connectivity index (χ0) is 17.1. The van der Waals surface area contributed by atoms with Crippen LogP contribution >= 0.6 is 32.1 Å². The van der Waals surface area contributed by atoms with Crippen LogP contribution in [0.15, 0.2) is 41.7 Å². The number of allylic oxidation sites excluding steroid dienone is 1. The van der Waals surface area contributed by atoms with E-state index in [0.29, 0.717) is 0 Å². The Morgan fingerprint density at radius 3 is 2.62 bits per heavy atom. The molecule has 0 spiro atoms. The second kappa shape index (κ2) is 7.67. The molecule has 1 aliphatic heterocycles. The number of aliphatic imine (C=N–C) groups is 1. The number of aryl methyl sites for hydroxylation is 2. The molecule has 126 valence electrons. The molecule has 0 amide bonds. The first kappa shape index (κ1) is 17.4. The molecule has 0 atom stereocenters. The monoisotopic (exact) mass is 452 g/mol. The Kier molecular flexibility index (Phi) is 5.57. The van der Waals surface area contributed by atoms with Crippen molar-refractivity contribution in [2.75, 3.05) is 19.4 Å². The van der Waals surface area contributed by atoms with Crippen molar-refractivity contribution in [1.82, 2.24) is 9.88 Å². The number of rotatable bonds is 4. The van der Waals surface area contributed by atoms with E-state index in [9.17, 15) is 0 Å². The van der Waals surface area contributed by atoms with E-state index in [1.54, 1.807) is 11.3 Å². The lowest BCUT2D eigenvalue weighted by Gasteiger charge is -2.10. The number of aromatic nitrogens is 1. The molecule has 0 unspecified atom stereocenters. The second-order valence-corrected chi connectivity index (χ2v) is 9.89. The van der Waals surface area contributed by atoms with Gasteiger partial charge in [-0.05, 0) is 78.0 Å². The lowest BCUT2D eigenvalue weighted by Crippen LogP contribution is -2.09. The van der Waals surface area contributed by atoms with Gasteiger partial charge in [0.25, 0.3) is 0 Å². The smallest absolute Gasteiger partial charge is 0.163 e. The van der Waals surface area contributed by atoms with Gasteiger partial charge in [-0.3, -0.25) is 0 Å². The largest absolute Gasteiger partial charge is 0.335 e. The van der Waals surface area contributed by atoms with Crippen molar-refractivity contribution in [3.63, 3.8) is 0 Å². The van der Waals surface area contributed by atoms with Crippen LogP contribution in [0.1, 0.15) is 21.0 Å². The minimum atomic E-state index is -0.346. The molecule has 0 saturated heterocycles. The SMILES string of the molecule is Cc1cc(C)cc(NC2=NC=CC(c3ncc(CN(C)C)s3)=I2)c1. The lowest BCUT2D eigenvalue weighted by molar-refractivity contribution is 0.406. The Bertz CT molecular complexity index is 813. The zero-order valence-electron chi connectivity index (χ0n) is 14.3. The maximum atomic E-state index is 4.61. The third kappa shape index (κ3) is 4.58. The molecular weight excluding hydrogens is 431 g/mol. The van der Waals surface area contributed by atoms with Gasteiger partial charge in [-0.1, -0.05) is 6.07 Å².